The van der Waals surface area contributed by atoms with Crippen molar-refractivity contribution >= 4 is 16.0 Å². The van der Waals surface area contributed by atoms with Gasteiger partial charge in [-0.1, -0.05) is 12.8 Å². The molecule has 1 aliphatic rings. The van der Waals surface area contributed by atoms with Gasteiger partial charge in [-0.3, -0.25) is 0 Å². The van der Waals surface area contributed by atoms with Crippen molar-refractivity contribution in [2.24, 2.45) is 5.92 Å². The van der Waals surface area contributed by atoms with E-state index >= 15 is 0 Å². The Hall–Kier alpha value is -1.47. The summed E-state index contributed by atoms with van der Waals surface area (Å²) < 4.78 is 40.3. The molecule has 0 heterocycles. The fourth-order valence-corrected chi connectivity index (χ4v) is 3.40. The second-order valence-electron chi connectivity index (χ2n) is 5.15. The zero-order valence-electron chi connectivity index (χ0n) is 11.0. The average Bonchev–Trinajstić information content (AvgIpc) is 3.11. The van der Waals surface area contributed by atoms with Gasteiger partial charge in [0.2, 0.25) is 10.0 Å². The number of rotatable bonds is 6. The molecule has 0 saturated heterocycles. The fraction of sp³-hybridized carbons (Fsp3) is 0.462. The van der Waals surface area contributed by atoms with Crippen molar-refractivity contribution in [3.63, 3.8) is 0 Å². The molecule has 1 atom stereocenters. The van der Waals surface area contributed by atoms with Gasteiger partial charge in [0.25, 0.3) is 0 Å². The maximum Gasteiger partial charge on any atom is 0.335 e. The number of carboxylic acids is 1. The van der Waals surface area contributed by atoms with E-state index in [4.69, 9.17) is 5.11 Å². The summed E-state index contributed by atoms with van der Waals surface area (Å²) in [5, 5.41) is 8.72. The number of nitrogens with one attached hydrogen (secondary N) is 1. The monoisotopic (exact) mass is 301 g/mol. The summed E-state index contributed by atoms with van der Waals surface area (Å²) in [7, 11) is -3.97. The Morgan fingerprint density at radius 3 is 2.65 bits per heavy atom. The second-order valence-corrected chi connectivity index (χ2v) is 6.83. The minimum atomic E-state index is -3.97. The Kier molecular flexibility index (Phi) is 4.10. The molecule has 0 radical (unpaired) electrons. The first-order chi connectivity index (χ1) is 9.29. The van der Waals surface area contributed by atoms with Gasteiger partial charge in [-0.2, -0.15) is 0 Å². The van der Waals surface area contributed by atoms with Crippen LogP contribution in [0.4, 0.5) is 4.39 Å². The number of sulfonamides is 1. The summed E-state index contributed by atoms with van der Waals surface area (Å²) in [4.78, 5) is 10.2. The van der Waals surface area contributed by atoms with Gasteiger partial charge in [0, 0.05) is 6.04 Å². The van der Waals surface area contributed by atoms with Gasteiger partial charge in [-0.25, -0.2) is 22.3 Å². The molecule has 5 nitrogen and oxygen atoms in total. The molecule has 2 N–H and O–H groups in total. The highest BCUT2D eigenvalue weighted by molar-refractivity contribution is 7.89. The Bertz CT molecular complexity index is 625. The molecule has 1 unspecified atom stereocenters. The Balaban J connectivity index is 2.17. The van der Waals surface area contributed by atoms with Crippen LogP contribution in [0.1, 0.15) is 36.5 Å². The molecule has 0 spiro atoms. The van der Waals surface area contributed by atoms with E-state index in [0.29, 0.717) is 12.0 Å². The third-order valence-corrected chi connectivity index (χ3v) is 4.83. The minimum Gasteiger partial charge on any atom is -0.478 e. The number of hydrogen-bond acceptors (Lipinski definition) is 3. The molecule has 7 heteroatoms. The van der Waals surface area contributed by atoms with Crippen molar-refractivity contribution in [1.82, 2.24) is 4.72 Å². The van der Waals surface area contributed by atoms with Gasteiger partial charge in [0.1, 0.15) is 10.7 Å². The first kappa shape index (κ1) is 14.9. The van der Waals surface area contributed by atoms with E-state index in [-0.39, 0.29) is 11.6 Å². The molecule has 0 aromatic heterocycles. The Morgan fingerprint density at radius 2 is 2.15 bits per heavy atom. The van der Waals surface area contributed by atoms with Crippen LogP contribution >= 0.6 is 0 Å². The average molecular weight is 301 g/mol. The Morgan fingerprint density at radius 1 is 1.50 bits per heavy atom. The molecule has 1 saturated carbocycles. The van der Waals surface area contributed by atoms with Crippen molar-refractivity contribution in [1.29, 1.82) is 0 Å². The highest BCUT2D eigenvalue weighted by Crippen LogP contribution is 2.33. The smallest absolute Gasteiger partial charge is 0.335 e. The van der Waals surface area contributed by atoms with Crippen LogP contribution in [0.2, 0.25) is 0 Å². The molecular formula is C13H16FNO4S. The van der Waals surface area contributed by atoms with Gasteiger partial charge in [-0.05, 0) is 37.5 Å². The Labute approximate surface area is 116 Å². The van der Waals surface area contributed by atoms with Crippen LogP contribution in [0, 0.1) is 11.7 Å². The van der Waals surface area contributed by atoms with Crippen LogP contribution in [-0.2, 0) is 10.0 Å². The van der Waals surface area contributed by atoms with Gasteiger partial charge in [0.15, 0.2) is 0 Å². The van der Waals surface area contributed by atoms with E-state index in [0.717, 1.165) is 31.4 Å². The first-order valence-corrected chi connectivity index (χ1v) is 7.83. The first-order valence-electron chi connectivity index (χ1n) is 6.35. The highest BCUT2D eigenvalue weighted by atomic mass is 32.2. The van der Waals surface area contributed by atoms with Crippen molar-refractivity contribution in [2.45, 2.75) is 37.1 Å². The molecule has 0 bridgehead atoms. The van der Waals surface area contributed by atoms with Gasteiger partial charge in [-0.15, -0.1) is 0 Å². The summed E-state index contributed by atoms with van der Waals surface area (Å²) in [6.45, 7) is 1.74. The number of benzene rings is 1. The lowest BCUT2D eigenvalue weighted by atomic mass is 10.2. The van der Waals surface area contributed by atoms with Crippen molar-refractivity contribution in [3.8, 4) is 0 Å². The van der Waals surface area contributed by atoms with E-state index in [1.54, 1.807) is 6.92 Å². The quantitative estimate of drug-likeness (QED) is 0.841. The summed E-state index contributed by atoms with van der Waals surface area (Å²) >= 11 is 0. The molecular weight excluding hydrogens is 285 g/mol. The summed E-state index contributed by atoms with van der Waals surface area (Å²) in [6, 6.07) is 2.49. The largest absolute Gasteiger partial charge is 0.478 e. The second kappa shape index (κ2) is 5.49. The maximum atomic E-state index is 13.7. The van der Waals surface area contributed by atoms with Crippen LogP contribution in [0.5, 0.6) is 0 Å². The number of halogens is 1. The summed E-state index contributed by atoms with van der Waals surface area (Å²) in [5.41, 5.74) is -0.285. The SMILES string of the molecule is CC(CC1CC1)NS(=O)(=O)c1ccc(C(=O)O)cc1F. The lowest BCUT2D eigenvalue weighted by Crippen LogP contribution is -2.33. The third-order valence-electron chi connectivity index (χ3n) is 3.21. The topological polar surface area (TPSA) is 83.5 Å². The lowest BCUT2D eigenvalue weighted by molar-refractivity contribution is 0.0696. The molecule has 1 aromatic rings. The third kappa shape index (κ3) is 3.55. The van der Waals surface area contributed by atoms with Gasteiger partial charge >= 0.3 is 5.97 Å². The van der Waals surface area contributed by atoms with Crippen LogP contribution in [0.15, 0.2) is 23.1 Å². The van der Waals surface area contributed by atoms with Crippen LogP contribution in [-0.4, -0.2) is 25.5 Å². The fourth-order valence-electron chi connectivity index (χ4n) is 2.08. The van der Waals surface area contributed by atoms with Crippen LogP contribution < -0.4 is 4.72 Å². The number of aromatic carboxylic acids is 1. The van der Waals surface area contributed by atoms with E-state index in [1.165, 1.54) is 0 Å². The molecule has 0 aliphatic heterocycles. The molecule has 0 amide bonds. The molecule has 1 fully saturated rings. The number of carboxylic acid groups (broad SMARTS) is 1. The molecule has 110 valence electrons. The standard InChI is InChI=1S/C13H16FNO4S/c1-8(6-9-2-3-9)15-20(18,19)12-5-4-10(13(16)17)7-11(12)14/h4-5,7-9,15H,2-3,6H2,1H3,(H,16,17). The highest BCUT2D eigenvalue weighted by Gasteiger charge is 2.27. The van der Waals surface area contributed by atoms with E-state index in [1.807, 2.05) is 0 Å². The van der Waals surface area contributed by atoms with Crippen molar-refractivity contribution in [2.75, 3.05) is 0 Å². The minimum absolute atomic E-state index is 0.272. The van der Waals surface area contributed by atoms with Crippen molar-refractivity contribution in [3.05, 3.63) is 29.6 Å². The predicted octanol–water partition coefficient (Wildman–Crippen LogP) is 1.99. The molecule has 20 heavy (non-hydrogen) atoms. The summed E-state index contributed by atoms with van der Waals surface area (Å²) in [5.74, 6) is -1.81. The number of carbonyl (C=O) groups is 1. The maximum absolute atomic E-state index is 13.7. The van der Waals surface area contributed by atoms with E-state index in [2.05, 4.69) is 4.72 Å². The molecule has 2 rings (SSSR count). The summed E-state index contributed by atoms with van der Waals surface area (Å²) in [6.07, 6.45) is 2.94. The van der Waals surface area contributed by atoms with Crippen LogP contribution in [0.25, 0.3) is 0 Å². The van der Waals surface area contributed by atoms with Gasteiger partial charge in [0.05, 0.1) is 5.56 Å². The number of hydrogen-bond donors (Lipinski definition) is 2. The van der Waals surface area contributed by atoms with E-state index < -0.39 is 26.7 Å². The van der Waals surface area contributed by atoms with Crippen LogP contribution in [0.3, 0.4) is 0 Å². The normalized spacial score (nSPS) is 16.9. The predicted molar refractivity (Wildman–Crippen MR) is 70.5 cm³/mol. The molecule has 1 aromatic carbocycles. The zero-order chi connectivity index (χ0) is 14.9. The molecule has 1 aliphatic carbocycles. The zero-order valence-corrected chi connectivity index (χ0v) is 11.8. The van der Waals surface area contributed by atoms with E-state index in [9.17, 15) is 17.6 Å². The van der Waals surface area contributed by atoms with Gasteiger partial charge < -0.3 is 5.11 Å². The lowest BCUT2D eigenvalue weighted by Gasteiger charge is -2.14. The van der Waals surface area contributed by atoms with Crippen molar-refractivity contribution < 1.29 is 22.7 Å².